The maximum Gasteiger partial charge on any atom is 0.0547 e. The molecule has 12 rings (SSSR count). The van der Waals surface area contributed by atoms with Crippen molar-refractivity contribution in [1.29, 1.82) is 0 Å². The van der Waals surface area contributed by atoms with Gasteiger partial charge in [0.05, 0.1) is 16.7 Å². The highest BCUT2D eigenvalue weighted by Crippen LogP contribution is 2.55. The van der Waals surface area contributed by atoms with Crippen LogP contribution in [-0.4, -0.2) is 4.57 Å². The van der Waals surface area contributed by atoms with Gasteiger partial charge in [0.15, 0.2) is 0 Å². The molecule has 0 atom stereocenters. The van der Waals surface area contributed by atoms with Crippen LogP contribution in [-0.2, 0) is 10.8 Å². The number of rotatable bonds is 6. The lowest BCUT2D eigenvalue weighted by atomic mass is 9.81. The minimum Gasteiger partial charge on any atom is -0.310 e. The van der Waals surface area contributed by atoms with E-state index in [1.165, 1.54) is 99.9 Å². The topological polar surface area (TPSA) is 8.17 Å². The molecule has 1 heterocycles. The van der Waals surface area contributed by atoms with Gasteiger partial charge in [0.2, 0.25) is 0 Å². The number of para-hydroxylation sites is 1. The van der Waals surface area contributed by atoms with Gasteiger partial charge in [-0.05, 0) is 127 Å². The number of anilines is 3. The molecular formula is C60H46N2. The van der Waals surface area contributed by atoms with E-state index >= 15 is 0 Å². The third-order valence-corrected chi connectivity index (χ3v) is 14.0. The molecule has 2 aliphatic rings. The lowest BCUT2D eigenvalue weighted by Crippen LogP contribution is -2.20. The number of nitrogens with zero attached hydrogens (tertiary/aromatic N) is 2. The van der Waals surface area contributed by atoms with Crippen LogP contribution in [0.2, 0.25) is 0 Å². The highest BCUT2D eigenvalue weighted by atomic mass is 15.1. The van der Waals surface area contributed by atoms with Gasteiger partial charge in [-0.25, -0.2) is 0 Å². The van der Waals surface area contributed by atoms with Gasteiger partial charge in [-0.1, -0.05) is 173 Å². The number of benzene rings is 9. The molecule has 10 aromatic rings. The highest BCUT2D eigenvalue weighted by molar-refractivity contribution is 6.17. The molecule has 1 aromatic heterocycles. The Bertz CT molecular complexity index is 3370. The largest absolute Gasteiger partial charge is 0.310 e. The van der Waals surface area contributed by atoms with E-state index in [-0.39, 0.29) is 10.8 Å². The zero-order chi connectivity index (χ0) is 41.7. The molecule has 0 amide bonds. The summed E-state index contributed by atoms with van der Waals surface area (Å²) in [5.41, 5.74) is 22.5. The molecule has 0 saturated heterocycles. The summed E-state index contributed by atoms with van der Waals surface area (Å²) in [5, 5.41) is 2.55. The van der Waals surface area contributed by atoms with Gasteiger partial charge < -0.3 is 9.47 Å². The van der Waals surface area contributed by atoms with Gasteiger partial charge in [-0.3, -0.25) is 0 Å². The molecular weight excluding hydrogens is 749 g/mol. The second-order valence-corrected chi connectivity index (χ2v) is 18.1. The predicted octanol–water partition coefficient (Wildman–Crippen LogP) is 16.2. The van der Waals surface area contributed by atoms with Crippen molar-refractivity contribution in [2.75, 3.05) is 4.90 Å². The molecule has 62 heavy (non-hydrogen) atoms. The molecule has 0 aliphatic heterocycles. The third kappa shape index (κ3) is 5.29. The van der Waals surface area contributed by atoms with E-state index in [4.69, 9.17) is 0 Å². The fraction of sp³-hybridized carbons (Fsp3) is 0.100. The molecule has 296 valence electrons. The van der Waals surface area contributed by atoms with Crippen molar-refractivity contribution in [1.82, 2.24) is 4.57 Å². The van der Waals surface area contributed by atoms with Crippen molar-refractivity contribution in [3.63, 3.8) is 0 Å². The van der Waals surface area contributed by atoms with Gasteiger partial charge in [0, 0.05) is 38.7 Å². The molecule has 2 nitrogen and oxygen atoms in total. The van der Waals surface area contributed by atoms with Crippen molar-refractivity contribution in [3.05, 3.63) is 229 Å². The van der Waals surface area contributed by atoms with Gasteiger partial charge in [-0.2, -0.15) is 0 Å². The van der Waals surface area contributed by atoms with Gasteiger partial charge >= 0.3 is 0 Å². The van der Waals surface area contributed by atoms with Crippen LogP contribution in [0, 0.1) is 0 Å². The van der Waals surface area contributed by atoms with Crippen LogP contribution in [0.25, 0.3) is 72.0 Å². The van der Waals surface area contributed by atoms with E-state index in [0.29, 0.717) is 0 Å². The van der Waals surface area contributed by atoms with Crippen LogP contribution in [0.4, 0.5) is 17.1 Å². The maximum atomic E-state index is 2.48. The van der Waals surface area contributed by atoms with E-state index in [0.717, 1.165) is 11.4 Å². The Kier molecular flexibility index (Phi) is 7.96. The SMILES string of the molecule is CC1(C)c2ccccc2-c2cc3c4c(-c5ccc(N(c6ccc(-c7ccccc7)cc6)c6cccc7c6C(C)(C)c6ccccc6-7)cc5)cccc4n(-c4ccccc4)c3cc21. The molecule has 0 saturated carbocycles. The monoisotopic (exact) mass is 794 g/mol. The van der Waals surface area contributed by atoms with Crippen LogP contribution in [0.15, 0.2) is 206 Å². The predicted molar refractivity (Wildman–Crippen MR) is 261 cm³/mol. The van der Waals surface area contributed by atoms with E-state index in [9.17, 15) is 0 Å². The lowest BCUT2D eigenvalue weighted by Gasteiger charge is -2.32. The first kappa shape index (κ1) is 36.4. The van der Waals surface area contributed by atoms with Crippen molar-refractivity contribution >= 4 is 38.9 Å². The van der Waals surface area contributed by atoms with Gasteiger partial charge in [0.25, 0.3) is 0 Å². The quantitative estimate of drug-likeness (QED) is 0.163. The third-order valence-electron chi connectivity index (χ3n) is 14.0. The first-order valence-corrected chi connectivity index (χ1v) is 21.9. The molecule has 9 aromatic carbocycles. The smallest absolute Gasteiger partial charge is 0.0547 e. The number of aromatic nitrogens is 1. The minimum absolute atomic E-state index is 0.0959. The van der Waals surface area contributed by atoms with Crippen LogP contribution in [0.3, 0.4) is 0 Å². The molecule has 0 bridgehead atoms. The Morgan fingerprint density at radius 1 is 0.371 bits per heavy atom. The summed E-state index contributed by atoms with van der Waals surface area (Å²) < 4.78 is 2.47. The Hall–Kier alpha value is -7.42. The van der Waals surface area contributed by atoms with Crippen molar-refractivity contribution in [3.8, 4) is 50.2 Å². The summed E-state index contributed by atoms with van der Waals surface area (Å²) in [4.78, 5) is 2.47. The standard InChI is InChI=1S/C60H46N2/c1-59(2)51-25-13-12-22-47(51)49-37-50-56(38-53(49)59)62(42-19-9-6-10-20-42)54-27-15-23-45(57(50)54)41-31-35-44(36-32-41)61(43-33-29-40(30-34-43)39-17-7-5-8-18-39)55-28-16-24-48-46-21-11-14-26-52(46)60(3,4)58(48)55/h5-38H,1-4H3. The van der Waals surface area contributed by atoms with E-state index in [1.807, 2.05) is 0 Å². The fourth-order valence-corrected chi connectivity index (χ4v) is 11.0. The van der Waals surface area contributed by atoms with Crippen LogP contribution >= 0.6 is 0 Å². The van der Waals surface area contributed by atoms with E-state index < -0.39 is 0 Å². The Balaban J connectivity index is 1.04. The molecule has 0 N–H and O–H groups in total. The van der Waals surface area contributed by atoms with Crippen molar-refractivity contribution in [2.24, 2.45) is 0 Å². The number of fused-ring (bicyclic) bond motifs is 9. The fourth-order valence-electron chi connectivity index (χ4n) is 11.0. The minimum atomic E-state index is -0.177. The normalized spacial score (nSPS) is 14.1. The Labute approximate surface area is 364 Å². The summed E-state index contributed by atoms with van der Waals surface area (Å²) in [6.45, 7) is 9.50. The lowest BCUT2D eigenvalue weighted by molar-refractivity contribution is 0.660. The second kappa shape index (κ2) is 13.5. The maximum absolute atomic E-state index is 2.48. The van der Waals surface area contributed by atoms with Gasteiger partial charge in [-0.15, -0.1) is 0 Å². The summed E-state index contributed by atoms with van der Waals surface area (Å²) in [7, 11) is 0. The van der Waals surface area contributed by atoms with Crippen molar-refractivity contribution in [2.45, 2.75) is 38.5 Å². The molecule has 0 fully saturated rings. The Morgan fingerprint density at radius 3 is 1.60 bits per heavy atom. The second-order valence-electron chi connectivity index (χ2n) is 18.1. The highest BCUT2D eigenvalue weighted by Gasteiger charge is 2.39. The summed E-state index contributed by atoms with van der Waals surface area (Å²) in [5.74, 6) is 0. The average molecular weight is 795 g/mol. The summed E-state index contributed by atoms with van der Waals surface area (Å²) >= 11 is 0. The zero-order valence-electron chi connectivity index (χ0n) is 35.5. The molecule has 2 aliphatic carbocycles. The zero-order valence-corrected chi connectivity index (χ0v) is 35.5. The summed E-state index contributed by atoms with van der Waals surface area (Å²) in [6, 6.07) is 76.4. The van der Waals surface area contributed by atoms with Crippen LogP contribution in [0.1, 0.15) is 49.9 Å². The van der Waals surface area contributed by atoms with Crippen molar-refractivity contribution < 1.29 is 0 Å². The summed E-state index contributed by atoms with van der Waals surface area (Å²) in [6.07, 6.45) is 0. The average Bonchev–Trinajstić information content (AvgIpc) is 3.86. The van der Waals surface area contributed by atoms with Crippen LogP contribution < -0.4 is 4.90 Å². The first-order chi connectivity index (χ1) is 30.3. The molecule has 2 heteroatoms. The van der Waals surface area contributed by atoms with E-state index in [2.05, 4.69) is 243 Å². The molecule has 0 radical (unpaired) electrons. The van der Waals surface area contributed by atoms with Gasteiger partial charge in [0.1, 0.15) is 0 Å². The Morgan fingerprint density at radius 2 is 0.903 bits per heavy atom. The molecule has 0 unspecified atom stereocenters. The van der Waals surface area contributed by atoms with Crippen LogP contribution in [0.5, 0.6) is 0 Å². The number of hydrogen-bond acceptors (Lipinski definition) is 1. The van der Waals surface area contributed by atoms with E-state index in [1.54, 1.807) is 0 Å². The number of hydrogen-bond donors (Lipinski definition) is 0. The molecule has 0 spiro atoms. The first-order valence-electron chi connectivity index (χ1n) is 21.9.